The average molecular weight is 405 g/mol. The molecule has 5 rings (SSSR count). The number of fused-ring (bicyclic) bond motifs is 1. The summed E-state index contributed by atoms with van der Waals surface area (Å²) < 4.78 is 0. The summed E-state index contributed by atoms with van der Waals surface area (Å²) in [6.07, 6.45) is 2.20. The van der Waals surface area contributed by atoms with E-state index in [0.717, 1.165) is 59.1 Å². The molecule has 0 amide bonds. The summed E-state index contributed by atoms with van der Waals surface area (Å²) in [5, 5.41) is 13.9. The Balaban J connectivity index is 1.36. The van der Waals surface area contributed by atoms with E-state index in [9.17, 15) is 10.1 Å². The highest BCUT2D eigenvalue weighted by Gasteiger charge is 2.29. The maximum absolute atomic E-state index is 11.0. The Kier molecular flexibility index (Phi) is 4.57. The lowest BCUT2D eigenvalue weighted by Gasteiger charge is -2.21. The van der Waals surface area contributed by atoms with Gasteiger partial charge in [0.15, 0.2) is 0 Å². The molecule has 3 heterocycles. The van der Waals surface area contributed by atoms with E-state index < -0.39 is 0 Å². The van der Waals surface area contributed by atoms with Crippen LogP contribution in [0.4, 0.5) is 5.69 Å². The average Bonchev–Trinajstić information content (AvgIpc) is 3.47. The van der Waals surface area contributed by atoms with Gasteiger partial charge in [-0.3, -0.25) is 15.0 Å². The topological polar surface area (TPSA) is 87.9 Å². The lowest BCUT2D eigenvalue weighted by Crippen LogP contribution is -2.23. The molecule has 8 heteroatoms. The van der Waals surface area contributed by atoms with Crippen molar-refractivity contribution in [3.8, 4) is 10.6 Å². The summed E-state index contributed by atoms with van der Waals surface area (Å²) in [5.41, 5.74) is 3.92. The normalized spacial score (nSPS) is 17.2. The van der Waals surface area contributed by atoms with Gasteiger partial charge in [0.1, 0.15) is 10.8 Å². The van der Waals surface area contributed by atoms with E-state index in [4.69, 9.17) is 9.97 Å². The highest BCUT2D eigenvalue weighted by molar-refractivity contribution is 7.13. The van der Waals surface area contributed by atoms with E-state index in [1.54, 1.807) is 12.1 Å². The number of imidazole rings is 1. The van der Waals surface area contributed by atoms with Crippen LogP contribution in [0.3, 0.4) is 0 Å². The van der Waals surface area contributed by atoms with Gasteiger partial charge < -0.3 is 4.98 Å². The summed E-state index contributed by atoms with van der Waals surface area (Å²) in [5.74, 6) is 1.01. The van der Waals surface area contributed by atoms with Crippen LogP contribution in [0.25, 0.3) is 21.6 Å². The zero-order valence-electron chi connectivity index (χ0n) is 15.6. The van der Waals surface area contributed by atoms with Crippen LogP contribution in [0.2, 0.25) is 0 Å². The van der Waals surface area contributed by atoms with Crippen molar-refractivity contribution < 1.29 is 4.92 Å². The van der Waals surface area contributed by atoms with E-state index in [0.29, 0.717) is 0 Å². The largest absolute Gasteiger partial charge is 0.341 e. The van der Waals surface area contributed by atoms with Crippen molar-refractivity contribution in [3.05, 3.63) is 75.5 Å². The molecule has 146 valence electrons. The molecule has 4 aromatic rings. The molecule has 2 aromatic carbocycles. The molecular formula is C21H19N5O2S. The zero-order chi connectivity index (χ0) is 19.8. The van der Waals surface area contributed by atoms with Gasteiger partial charge in [-0.15, -0.1) is 11.3 Å². The van der Waals surface area contributed by atoms with Crippen LogP contribution < -0.4 is 0 Å². The van der Waals surface area contributed by atoms with E-state index in [1.165, 1.54) is 17.4 Å². The number of hydrogen-bond donors (Lipinski definition) is 1. The van der Waals surface area contributed by atoms with Gasteiger partial charge in [0, 0.05) is 29.6 Å². The third kappa shape index (κ3) is 3.52. The molecule has 29 heavy (non-hydrogen) atoms. The molecule has 1 aliphatic heterocycles. The maximum atomic E-state index is 11.0. The number of nitrogens with one attached hydrogen (secondary N) is 1. The second-order valence-corrected chi connectivity index (χ2v) is 8.08. The lowest BCUT2D eigenvalue weighted by molar-refractivity contribution is -0.384. The monoisotopic (exact) mass is 405 g/mol. The number of nitro benzene ring substituents is 1. The van der Waals surface area contributed by atoms with Crippen molar-refractivity contribution in [3.63, 3.8) is 0 Å². The first kappa shape index (κ1) is 18.0. The number of hydrogen-bond acceptors (Lipinski definition) is 6. The predicted octanol–water partition coefficient (Wildman–Crippen LogP) is 4.93. The molecule has 2 aromatic heterocycles. The standard InChI is InChI=1S/C21H19N5O2S/c27-26(28)16-6-3-5-14(11-16)21-22-15(13-29-21)12-25-10-4-9-19(25)20-23-17-7-1-2-8-18(17)24-20/h1-3,5-8,11,13,19H,4,9-10,12H2,(H,23,24). The minimum atomic E-state index is -0.375. The zero-order valence-corrected chi connectivity index (χ0v) is 16.4. The van der Waals surface area contributed by atoms with Gasteiger partial charge in [-0.1, -0.05) is 24.3 Å². The molecule has 0 bridgehead atoms. The fourth-order valence-corrected chi connectivity index (χ4v) is 4.74. The van der Waals surface area contributed by atoms with Crippen LogP contribution in [0.1, 0.15) is 30.4 Å². The van der Waals surface area contributed by atoms with Crippen LogP contribution in [0, 0.1) is 10.1 Å². The van der Waals surface area contributed by atoms with Gasteiger partial charge in [-0.25, -0.2) is 9.97 Å². The number of thiazole rings is 1. The van der Waals surface area contributed by atoms with Crippen molar-refractivity contribution in [1.82, 2.24) is 19.9 Å². The maximum Gasteiger partial charge on any atom is 0.270 e. The molecule has 0 spiro atoms. The van der Waals surface area contributed by atoms with Gasteiger partial charge >= 0.3 is 0 Å². The number of H-pyrrole nitrogens is 1. The summed E-state index contributed by atoms with van der Waals surface area (Å²) >= 11 is 1.52. The minimum absolute atomic E-state index is 0.0868. The Hall–Kier alpha value is -3.10. The first-order chi connectivity index (χ1) is 14.2. The summed E-state index contributed by atoms with van der Waals surface area (Å²) in [6.45, 7) is 1.75. The summed E-state index contributed by atoms with van der Waals surface area (Å²) in [7, 11) is 0. The first-order valence-electron chi connectivity index (χ1n) is 9.55. The van der Waals surface area contributed by atoms with Crippen molar-refractivity contribution >= 4 is 28.1 Å². The molecule has 1 unspecified atom stereocenters. The molecule has 0 aliphatic carbocycles. The van der Waals surface area contributed by atoms with Gasteiger partial charge in [-0.2, -0.15) is 0 Å². The third-order valence-corrected chi connectivity index (χ3v) is 6.25. The molecule has 1 fully saturated rings. The van der Waals surface area contributed by atoms with Crippen LogP contribution in [-0.2, 0) is 6.54 Å². The Bertz CT molecular complexity index is 1150. The summed E-state index contributed by atoms with van der Waals surface area (Å²) in [6, 6.07) is 15.0. The number of rotatable bonds is 5. The number of para-hydroxylation sites is 2. The first-order valence-corrected chi connectivity index (χ1v) is 10.4. The molecule has 0 radical (unpaired) electrons. The van der Waals surface area contributed by atoms with Crippen molar-refractivity contribution in [2.24, 2.45) is 0 Å². The molecule has 1 aliphatic rings. The molecule has 7 nitrogen and oxygen atoms in total. The van der Waals surface area contributed by atoms with E-state index in [2.05, 4.69) is 16.0 Å². The lowest BCUT2D eigenvalue weighted by atomic mass is 10.2. The Morgan fingerprint density at radius 3 is 2.97 bits per heavy atom. The Morgan fingerprint density at radius 1 is 1.21 bits per heavy atom. The molecule has 1 atom stereocenters. The minimum Gasteiger partial charge on any atom is -0.341 e. The highest BCUT2D eigenvalue weighted by Crippen LogP contribution is 2.34. The fraction of sp³-hybridized carbons (Fsp3) is 0.238. The van der Waals surface area contributed by atoms with Crippen molar-refractivity contribution in [2.75, 3.05) is 6.54 Å². The van der Waals surface area contributed by atoms with Crippen molar-refractivity contribution in [1.29, 1.82) is 0 Å². The second kappa shape index (κ2) is 7.38. The summed E-state index contributed by atoms with van der Waals surface area (Å²) in [4.78, 5) is 26.1. The van der Waals surface area contributed by atoms with Crippen LogP contribution in [0.15, 0.2) is 53.9 Å². The molecule has 1 N–H and O–H groups in total. The van der Waals surface area contributed by atoms with Crippen molar-refractivity contribution in [2.45, 2.75) is 25.4 Å². The predicted molar refractivity (Wildman–Crippen MR) is 113 cm³/mol. The number of likely N-dealkylation sites (tertiary alicyclic amines) is 1. The van der Waals surface area contributed by atoms with E-state index in [-0.39, 0.29) is 16.7 Å². The molecular weight excluding hydrogens is 386 g/mol. The SMILES string of the molecule is O=[N+]([O-])c1cccc(-c2nc(CN3CCCC3c3nc4ccccc4[nH]3)cs2)c1. The number of aromatic nitrogens is 3. The second-order valence-electron chi connectivity index (χ2n) is 7.22. The number of aromatic amines is 1. The van der Waals surface area contributed by atoms with Gasteiger partial charge in [0.05, 0.1) is 27.7 Å². The van der Waals surface area contributed by atoms with Crippen LogP contribution in [0.5, 0.6) is 0 Å². The van der Waals surface area contributed by atoms with Crippen LogP contribution >= 0.6 is 11.3 Å². The fourth-order valence-electron chi connectivity index (χ4n) is 3.93. The Labute approximate surface area is 171 Å². The van der Waals surface area contributed by atoms with Crippen LogP contribution in [-0.4, -0.2) is 31.3 Å². The number of non-ortho nitro benzene ring substituents is 1. The number of nitrogens with zero attached hydrogens (tertiary/aromatic N) is 4. The van der Waals surface area contributed by atoms with E-state index >= 15 is 0 Å². The molecule has 0 saturated carbocycles. The van der Waals surface area contributed by atoms with Gasteiger partial charge in [-0.05, 0) is 31.5 Å². The highest BCUT2D eigenvalue weighted by atomic mass is 32.1. The quantitative estimate of drug-likeness (QED) is 0.376. The smallest absolute Gasteiger partial charge is 0.270 e. The Morgan fingerprint density at radius 2 is 2.10 bits per heavy atom. The van der Waals surface area contributed by atoms with Gasteiger partial charge in [0.2, 0.25) is 0 Å². The number of nitro groups is 1. The van der Waals surface area contributed by atoms with E-state index in [1.807, 2.05) is 29.6 Å². The third-order valence-electron chi connectivity index (χ3n) is 5.31. The van der Waals surface area contributed by atoms with Gasteiger partial charge in [0.25, 0.3) is 5.69 Å². The number of benzene rings is 2. The molecule has 1 saturated heterocycles.